The molecule has 3 rings (SSSR count). The zero-order valence-electron chi connectivity index (χ0n) is 13.3. The molecule has 120 valence electrons. The summed E-state index contributed by atoms with van der Waals surface area (Å²) in [7, 11) is 0. The maximum atomic E-state index is 12.5. The molecule has 0 radical (unpaired) electrons. The molecular formula is C17H20N4O2. The van der Waals surface area contributed by atoms with Gasteiger partial charge in [-0.3, -0.25) is 9.59 Å². The molecule has 6 heteroatoms. The van der Waals surface area contributed by atoms with Gasteiger partial charge in [0, 0.05) is 25.2 Å². The Morgan fingerprint density at radius 3 is 2.70 bits per heavy atom. The molecule has 1 atom stereocenters. The first-order chi connectivity index (χ1) is 11.1. The second-order valence-corrected chi connectivity index (χ2v) is 5.80. The minimum absolute atomic E-state index is 0.0609. The Morgan fingerprint density at radius 2 is 2.00 bits per heavy atom. The van der Waals surface area contributed by atoms with E-state index in [1.807, 2.05) is 43.5 Å². The number of amides is 2. The molecule has 0 spiro atoms. The molecule has 0 unspecified atom stereocenters. The predicted molar refractivity (Wildman–Crippen MR) is 87.3 cm³/mol. The molecule has 6 nitrogen and oxygen atoms in total. The van der Waals surface area contributed by atoms with E-state index in [2.05, 4.69) is 10.4 Å². The van der Waals surface area contributed by atoms with E-state index >= 15 is 0 Å². The van der Waals surface area contributed by atoms with E-state index in [4.69, 9.17) is 0 Å². The average molecular weight is 312 g/mol. The van der Waals surface area contributed by atoms with Crippen LogP contribution in [-0.2, 0) is 9.59 Å². The average Bonchev–Trinajstić information content (AvgIpc) is 3.16. The second kappa shape index (κ2) is 6.24. The zero-order chi connectivity index (χ0) is 16.4. The third-order valence-electron chi connectivity index (χ3n) is 4.12. The topological polar surface area (TPSA) is 67.2 Å². The first kappa shape index (κ1) is 15.3. The van der Waals surface area contributed by atoms with E-state index < -0.39 is 6.04 Å². The van der Waals surface area contributed by atoms with Crippen LogP contribution in [0.3, 0.4) is 0 Å². The molecule has 1 aliphatic heterocycles. The lowest BCUT2D eigenvalue weighted by Crippen LogP contribution is -2.42. The summed E-state index contributed by atoms with van der Waals surface area (Å²) in [6, 6.07) is 9.33. The highest BCUT2D eigenvalue weighted by Gasteiger charge is 2.32. The molecule has 1 N–H and O–H groups in total. The van der Waals surface area contributed by atoms with Crippen LogP contribution in [0.25, 0.3) is 5.69 Å². The van der Waals surface area contributed by atoms with Gasteiger partial charge in [0.05, 0.1) is 5.69 Å². The number of aromatic nitrogens is 2. The van der Waals surface area contributed by atoms with Gasteiger partial charge in [-0.15, -0.1) is 5.10 Å². The normalized spacial score (nSPS) is 17.3. The van der Waals surface area contributed by atoms with Gasteiger partial charge in [0.1, 0.15) is 6.04 Å². The van der Waals surface area contributed by atoms with Crippen LogP contribution < -0.4 is 5.32 Å². The van der Waals surface area contributed by atoms with Crippen molar-refractivity contribution in [3.05, 3.63) is 42.1 Å². The lowest BCUT2D eigenvalue weighted by Gasteiger charge is -2.21. The molecule has 1 aromatic heterocycles. The van der Waals surface area contributed by atoms with E-state index in [1.54, 1.807) is 9.58 Å². The SMILES string of the molecule is CC(=O)N1CCC[C@H]1C(=O)Nc1nn(-c2ccccc2)cc1C. The summed E-state index contributed by atoms with van der Waals surface area (Å²) in [5, 5.41) is 7.30. The molecule has 0 saturated carbocycles. The molecule has 1 fully saturated rings. The van der Waals surface area contributed by atoms with E-state index in [9.17, 15) is 9.59 Å². The minimum atomic E-state index is -0.395. The molecule has 0 bridgehead atoms. The van der Waals surface area contributed by atoms with Crippen LogP contribution in [0, 0.1) is 6.92 Å². The van der Waals surface area contributed by atoms with Crippen LogP contribution in [0.2, 0.25) is 0 Å². The number of likely N-dealkylation sites (tertiary alicyclic amines) is 1. The highest BCUT2D eigenvalue weighted by atomic mass is 16.2. The fourth-order valence-corrected chi connectivity index (χ4v) is 2.91. The second-order valence-electron chi connectivity index (χ2n) is 5.80. The third kappa shape index (κ3) is 3.11. The molecule has 2 aromatic rings. The molecule has 1 aliphatic rings. The van der Waals surface area contributed by atoms with Crippen molar-refractivity contribution in [2.24, 2.45) is 0 Å². The molecule has 2 amide bonds. The summed E-state index contributed by atoms with van der Waals surface area (Å²) in [4.78, 5) is 25.7. The van der Waals surface area contributed by atoms with Crippen molar-refractivity contribution < 1.29 is 9.59 Å². The number of rotatable bonds is 3. The number of hydrogen-bond donors (Lipinski definition) is 1. The Kier molecular flexibility index (Phi) is 4.14. The lowest BCUT2D eigenvalue weighted by atomic mass is 10.2. The summed E-state index contributed by atoms with van der Waals surface area (Å²) < 4.78 is 1.74. The third-order valence-corrected chi connectivity index (χ3v) is 4.12. The monoisotopic (exact) mass is 312 g/mol. The number of para-hydroxylation sites is 1. The number of anilines is 1. The highest BCUT2D eigenvalue weighted by molar-refractivity contribution is 5.97. The first-order valence-electron chi connectivity index (χ1n) is 7.76. The van der Waals surface area contributed by atoms with Gasteiger partial charge in [0.15, 0.2) is 5.82 Å². The van der Waals surface area contributed by atoms with Gasteiger partial charge in [-0.2, -0.15) is 0 Å². The number of aryl methyl sites for hydroxylation is 1. The number of nitrogens with zero attached hydrogens (tertiary/aromatic N) is 3. The van der Waals surface area contributed by atoms with Gasteiger partial charge in [0.25, 0.3) is 0 Å². The van der Waals surface area contributed by atoms with Crippen molar-refractivity contribution in [2.75, 3.05) is 11.9 Å². The van der Waals surface area contributed by atoms with Crippen molar-refractivity contribution in [1.82, 2.24) is 14.7 Å². The Labute approximate surface area is 135 Å². The molecule has 0 aliphatic carbocycles. The first-order valence-corrected chi connectivity index (χ1v) is 7.76. The molecular weight excluding hydrogens is 292 g/mol. The fraction of sp³-hybridized carbons (Fsp3) is 0.353. The Bertz CT molecular complexity index is 723. The maximum absolute atomic E-state index is 12.5. The summed E-state index contributed by atoms with van der Waals surface area (Å²) in [6.07, 6.45) is 3.43. The zero-order valence-corrected chi connectivity index (χ0v) is 13.3. The van der Waals surface area contributed by atoms with Crippen LogP contribution in [0.5, 0.6) is 0 Å². The van der Waals surface area contributed by atoms with Gasteiger partial charge in [-0.25, -0.2) is 4.68 Å². The smallest absolute Gasteiger partial charge is 0.248 e. The van der Waals surface area contributed by atoms with Crippen LogP contribution in [-0.4, -0.2) is 39.1 Å². The van der Waals surface area contributed by atoms with Crippen molar-refractivity contribution in [3.8, 4) is 5.69 Å². The van der Waals surface area contributed by atoms with Gasteiger partial charge < -0.3 is 10.2 Å². The van der Waals surface area contributed by atoms with Crippen molar-refractivity contribution in [2.45, 2.75) is 32.7 Å². The van der Waals surface area contributed by atoms with Crippen molar-refractivity contribution >= 4 is 17.6 Å². The maximum Gasteiger partial charge on any atom is 0.248 e. The van der Waals surface area contributed by atoms with Crippen LogP contribution in [0.4, 0.5) is 5.82 Å². The Morgan fingerprint density at radius 1 is 1.26 bits per heavy atom. The summed E-state index contributed by atoms with van der Waals surface area (Å²) in [6.45, 7) is 4.05. The summed E-state index contributed by atoms with van der Waals surface area (Å²) in [5.74, 6) is 0.308. The summed E-state index contributed by atoms with van der Waals surface area (Å²) >= 11 is 0. The number of hydrogen-bond acceptors (Lipinski definition) is 3. The lowest BCUT2D eigenvalue weighted by molar-refractivity contribution is -0.134. The van der Waals surface area contributed by atoms with E-state index in [-0.39, 0.29) is 11.8 Å². The highest BCUT2D eigenvalue weighted by Crippen LogP contribution is 2.21. The minimum Gasteiger partial charge on any atom is -0.331 e. The number of nitrogens with one attached hydrogen (secondary N) is 1. The fourth-order valence-electron chi connectivity index (χ4n) is 2.91. The molecule has 2 heterocycles. The Balaban J connectivity index is 1.77. The van der Waals surface area contributed by atoms with Gasteiger partial charge in [-0.05, 0) is 31.9 Å². The van der Waals surface area contributed by atoms with Crippen molar-refractivity contribution in [3.63, 3.8) is 0 Å². The van der Waals surface area contributed by atoms with E-state index in [0.717, 1.165) is 17.7 Å². The van der Waals surface area contributed by atoms with E-state index in [0.29, 0.717) is 18.8 Å². The standard InChI is InChI=1S/C17H20N4O2/c1-12-11-21(14-7-4-3-5-8-14)19-16(12)18-17(23)15-9-6-10-20(15)13(2)22/h3-5,7-8,11,15H,6,9-10H2,1-2H3,(H,18,19,23)/t15-/m0/s1. The van der Waals surface area contributed by atoms with Gasteiger partial charge in [0.2, 0.25) is 11.8 Å². The number of benzene rings is 1. The van der Waals surface area contributed by atoms with Crippen LogP contribution in [0.1, 0.15) is 25.3 Å². The van der Waals surface area contributed by atoms with Gasteiger partial charge in [-0.1, -0.05) is 18.2 Å². The number of carbonyl (C=O) groups is 2. The molecule has 1 aromatic carbocycles. The predicted octanol–water partition coefficient (Wildman–Crippen LogP) is 2.13. The van der Waals surface area contributed by atoms with Crippen LogP contribution >= 0.6 is 0 Å². The molecule has 23 heavy (non-hydrogen) atoms. The van der Waals surface area contributed by atoms with E-state index in [1.165, 1.54) is 6.92 Å². The summed E-state index contributed by atoms with van der Waals surface area (Å²) in [5.41, 5.74) is 1.82. The molecule has 1 saturated heterocycles. The quantitative estimate of drug-likeness (QED) is 0.944. The van der Waals surface area contributed by atoms with Crippen molar-refractivity contribution in [1.29, 1.82) is 0 Å². The van der Waals surface area contributed by atoms with Crippen LogP contribution in [0.15, 0.2) is 36.5 Å². The number of carbonyl (C=O) groups excluding carboxylic acids is 2. The Hall–Kier alpha value is -2.63. The largest absolute Gasteiger partial charge is 0.331 e. The van der Waals surface area contributed by atoms with Gasteiger partial charge >= 0.3 is 0 Å².